The summed E-state index contributed by atoms with van der Waals surface area (Å²) in [6.45, 7) is 1.46. The van der Waals surface area contributed by atoms with Gasteiger partial charge in [0.1, 0.15) is 11.8 Å². The summed E-state index contributed by atoms with van der Waals surface area (Å²) in [6.07, 6.45) is 3.65. The first-order valence-corrected chi connectivity index (χ1v) is 4.91. The van der Waals surface area contributed by atoms with E-state index in [-0.39, 0.29) is 6.10 Å². The van der Waals surface area contributed by atoms with Gasteiger partial charge in [-0.2, -0.15) is 0 Å². The quantitative estimate of drug-likeness (QED) is 0.681. The van der Waals surface area contributed by atoms with Crippen molar-refractivity contribution in [2.45, 2.75) is 12.5 Å². The molecule has 78 valence electrons. The Hall–Kier alpha value is -1.69. The third kappa shape index (κ3) is 1.33. The van der Waals surface area contributed by atoms with Gasteiger partial charge >= 0.3 is 0 Å². The molecular weight excluding hydrogens is 194 g/mol. The predicted molar refractivity (Wildman–Crippen MR) is 54.5 cm³/mol. The van der Waals surface area contributed by atoms with Crippen LogP contribution in [0.2, 0.25) is 0 Å². The number of aliphatic hydroxyl groups is 1. The van der Waals surface area contributed by atoms with Crippen molar-refractivity contribution in [1.29, 1.82) is 0 Å². The van der Waals surface area contributed by atoms with Crippen LogP contribution < -0.4 is 4.90 Å². The average Bonchev–Trinajstić information content (AvgIpc) is 2.84. The van der Waals surface area contributed by atoms with Crippen molar-refractivity contribution >= 4 is 17.0 Å². The highest BCUT2D eigenvalue weighted by atomic mass is 16.3. The SMILES string of the molecule is O[C@@H]1CCN(c2ncnc3nc[nH]c23)C1. The summed E-state index contributed by atoms with van der Waals surface area (Å²) in [7, 11) is 0. The summed E-state index contributed by atoms with van der Waals surface area (Å²) in [5, 5.41) is 9.47. The fourth-order valence-corrected chi connectivity index (χ4v) is 1.93. The zero-order chi connectivity index (χ0) is 10.3. The van der Waals surface area contributed by atoms with E-state index < -0.39 is 0 Å². The number of aliphatic hydroxyl groups excluding tert-OH is 1. The van der Waals surface area contributed by atoms with Gasteiger partial charge in [-0.05, 0) is 6.42 Å². The molecule has 0 bridgehead atoms. The third-order valence-electron chi connectivity index (χ3n) is 2.67. The molecule has 15 heavy (non-hydrogen) atoms. The second-order valence-electron chi connectivity index (χ2n) is 3.69. The number of fused-ring (bicyclic) bond motifs is 1. The monoisotopic (exact) mass is 205 g/mol. The lowest BCUT2D eigenvalue weighted by Crippen LogP contribution is -2.22. The Kier molecular flexibility index (Phi) is 1.81. The average molecular weight is 205 g/mol. The molecule has 0 unspecified atom stereocenters. The number of rotatable bonds is 1. The molecule has 1 atom stereocenters. The molecule has 1 aliphatic heterocycles. The molecule has 2 aromatic rings. The minimum Gasteiger partial charge on any atom is -0.391 e. The maximum absolute atomic E-state index is 9.47. The molecular formula is C9H11N5O. The van der Waals surface area contributed by atoms with Gasteiger partial charge in [0, 0.05) is 13.1 Å². The number of β-amino-alcohol motifs (C(OH)–C–C–N with tert-alkyl or cyclic N) is 1. The maximum atomic E-state index is 9.47. The summed E-state index contributed by atoms with van der Waals surface area (Å²) < 4.78 is 0. The minimum atomic E-state index is -0.252. The van der Waals surface area contributed by atoms with Crippen LogP contribution in [0.15, 0.2) is 12.7 Å². The normalized spacial score (nSPS) is 21.4. The molecule has 0 aliphatic carbocycles. The Bertz CT molecular complexity index is 482. The lowest BCUT2D eigenvalue weighted by atomic mass is 10.3. The summed E-state index contributed by atoms with van der Waals surface area (Å²) in [5.41, 5.74) is 1.51. The van der Waals surface area contributed by atoms with Crippen LogP contribution in [0.1, 0.15) is 6.42 Å². The molecule has 6 heteroatoms. The molecule has 0 aromatic carbocycles. The van der Waals surface area contributed by atoms with Crippen LogP contribution in [0.4, 0.5) is 5.82 Å². The standard InChI is InChI=1S/C9H11N5O/c15-6-1-2-14(3-6)9-7-8(11-4-10-7)12-5-13-9/h4-6,15H,1-3H2,(H,10,11,12,13)/t6-/m1/s1. The Morgan fingerprint density at radius 1 is 1.40 bits per heavy atom. The van der Waals surface area contributed by atoms with Crippen molar-refractivity contribution in [3.05, 3.63) is 12.7 Å². The number of hydrogen-bond acceptors (Lipinski definition) is 5. The molecule has 0 spiro atoms. The van der Waals surface area contributed by atoms with E-state index in [1.165, 1.54) is 6.33 Å². The van der Waals surface area contributed by atoms with Gasteiger partial charge < -0.3 is 15.0 Å². The van der Waals surface area contributed by atoms with Gasteiger partial charge in [-0.3, -0.25) is 0 Å². The van der Waals surface area contributed by atoms with Crippen LogP contribution in [0.5, 0.6) is 0 Å². The summed E-state index contributed by atoms with van der Waals surface area (Å²) in [5.74, 6) is 0.828. The van der Waals surface area contributed by atoms with E-state index in [0.29, 0.717) is 12.2 Å². The molecule has 1 aliphatic rings. The highest BCUT2D eigenvalue weighted by Gasteiger charge is 2.23. The number of H-pyrrole nitrogens is 1. The van der Waals surface area contributed by atoms with Gasteiger partial charge in [0.2, 0.25) is 0 Å². The lowest BCUT2D eigenvalue weighted by Gasteiger charge is -2.16. The van der Waals surface area contributed by atoms with Crippen molar-refractivity contribution in [3.63, 3.8) is 0 Å². The number of aromatic nitrogens is 4. The Labute approximate surface area is 86.0 Å². The fourth-order valence-electron chi connectivity index (χ4n) is 1.93. The summed E-state index contributed by atoms with van der Waals surface area (Å²) >= 11 is 0. The van der Waals surface area contributed by atoms with Gasteiger partial charge in [0.25, 0.3) is 0 Å². The van der Waals surface area contributed by atoms with Crippen LogP contribution in [0.25, 0.3) is 11.2 Å². The van der Waals surface area contributed by atoms with Gasteiger partial charge in [-0.15, -0.1) is 0 Å². The first-order chi connectivity index (χ1) is 7.34. The minimum absolute atomic E-state index is 0.252. The smallest absolute Gasteiger partial charge is 0.182 e. The second-order valence-corrected chi connectivity index (χ2v) is 3.69. The second kappa shape index (κ2) is 3.16. The van der Waals surface area contributed by atoms with Crippen molar-refractivity contribution in [2.75, 3.05) is 18.0 Å². The summed E-state index contributed by atoms with van der Waals surface area (Å²) in [4.78, 5) is 17.4. The van der Waals surface area contributed by atoms with Crippen LogP contribution >= 0.6 is 0 Å². The largest absolute Gasteiger partial charge is 0.391 e. The van der Waals surface area contributed by atoms with Crippen LogP contribution in [0, 0.1) is 0 Å². The zero-order valence-corrected chi connectivity index (χ0v) is 8.09. The van der Waals surface area contributed by atoms with Gasteiger partial charge in [0.05, 0.1) is 12.4 Å². The first-order valence-electron chi connectivity index (χ1n) is 4.91. The van der Waals surface area contributed by atoms with Crippen LogP contribution in [0.3, 0.4) is 0 Å². The van der Waals surface area contributed by atoms with E-state index in [9.17, 15) is 5.11 Å². The van der Waals surface area contributed by atoms with E-state index >= 15 is 0 Å². The predicted octanol–water partition coefficient (Wildman–Crippen LogP) is -0.0761. The molecule has 1 saturated heterocycles. The van der Waals surface area contributed by atoms with E-state index in [2.05, 4.69) is 19.9 Å². The Morgan fingerprint density at radius 2 is 2.33 bits per heavy atom. The number of anilines is 1. The van der Waals surface area contributed by atoms with Crippen LogP contribution in [-0.2, 0) is 0 Å². The first kappa shape index (κ1) is 8.60. The van der Waals surface area contributed by atoms with Gasteiger partial charge in [-0.1, -0.05) is 0 Å². The molecule has 2 aromatic heterocycles. The topological polar surface area (TPSA) is 77.9 Å². The number of nitrogens with one attached hydrogen (secondary N) is 1. The van der Waals surface area contributed by atoms with Gasteiger partial charge in [-0.25, -0.2) is 15.0 Å². The molecule has 6 nitrogen and oxygen atoms in total. The molecule has 1 fully saturated rings. The Balaban J connectivity index is 2.06. The zero-order valence-electron chi connectivity index (χ0n) is 8.09. The molecule has 0 amide bonds. The lowest BCUT2D eigenvalue weighted by molar-refractivity contribution is 0.198. The van der Waals surface area contributed by atoms with Crippen molar-refractivity contribution < 1.29 is 5.11 Å². The Morgan fingerprint density at radius 3 is 3.13 bits per heavy atom. The number of aromatic amines is 1. The van der Waals surface area contributed by atoms with Crippen molar-refractivity contribution in [1.82, 2.24) is 19.9 Å². The number of imidazole rings is 1. The molecule has 0 radical (unpaired) electrons. The van der Waals surface area contributed by atoms with E-state index in [0.717, 1.165) is 24.3 Å². The molecule has 0 saturated carbocycles. The fraction of sp³-hybridized carbons (Fsp3) is 0.444. The van der Waals surface area contributed by atoms with Crippen LogP contribution in [-0.4, -0.2) is 44.2 Å². The number of hydrogen-bond donors (Lipinski definition) is 2. The molecule has 3 rings (SSSR count). The van der Waals surface area contributed by atoms with E-state index in [1.54, 1.807) is 6.33 Å². The highest BCUT2D eigenvalue weighted by Crippen LogP contribution is 2.23. The van der Waals surface area contributed by atoms with Crippen molar-refractivity contribution in [2.24, 2.45) is 0 Å². The maximum Gasteiger partial charge on any atom is 0.182 e. The third-order valence-corrected chi connectivity index (χ3v) is 2.67. The van der Waals surface area contributed by atoms with E-state index in [4.69, 9.17) is 0 Å². The van der Waals surface area contributed by atoms with Gasteiger partial charge in [0.15, 0.2) is 11.5 Å². The van der Waals surface area contributed by atoms with E-state index in [1.807, 2.05) is 4.90 Å². The van der Waals surface area contributed by atoms with Crippen molar-refractivity contribution in [3.8, 4) is 0 Å². The molecule has 2 N–H and O–H groups in total. The highest BCUT2D eigenvalue weighted by molar-refractivity contribution is 5.82. The molecule has 3 heterocycles. The summed E-state index contributed by atoms with van der Waals surface area (Å²) in [6, 6.07) is 0. The number of nitrogens with zero attached hydrogens (tertiary/aromatic N) is 4.